The van der Waals surface area contributed by atoms with Gasteiger partial charge in [-0.05, 0) is 37.7 Å². The molecule has 0 saturated carbocycles. The van der Waals surface area contributed by atoms with Gasteiger partial charge in [0.25, 0.3) is 0 Å². The Morgan fingerprint density at radius 3 is 2.50 bits per heavy atom. The van der Waals surface area contributed by atoms with Gasteiger partial charge in [-0.15, -0.1) is 0 Å². The van der Waals surface area contributed by atoms with E-state index in [1.807, 2.05) is 12.4 Å². The maximum Gasteiger partial charge on any atom is 0.312 e. The summed E-state index contributed by atoms with van der Waals surface area (Å²) in [5.41, 5.74) is 0.839. The lowest BCUT2D eigenvalue weighted by molar-refractivity contribution is -0.150. The second-order valence-electron chi connectivity index (χ2n) is 8.67. The largest absolute Gasteiger partial charge is 0.461 e. The van der Waals surface area contributed by atoms with Gasteiger partial charge in [-0.25, -0.2) is 9.97 Å². The maximum atomic E-state index is 12.7. The summed E-state index contributed by atoms with van der Waals surface area (Å²) in [5.74, 6) is 0.748. The molecule has 28 heavy (non-hydrogen) atoms. The molecule has 0 bridgehead atoms. The summed E-state index contributed by atoms with van der Waals surface area (Å²) in [4.78, 5) is 26.2. The molecule has 0 amide bonds. The van der Waals surface area contributed by atoms with Gasteiger partial charge in [-0.1, -0.05) is 13.3 Å². The van der Waals surface area contributed by atoms with Crippen LogP contribution in [0.25, 0.3) is 0 Å². The molecule has 1 unspecified atom stereocenters. The molecule has 0 radical (unpaired) electrons. The zero-order chi connectivity index (χ0) is 19.6. The van der Waals surface area contributed by atoms with Gasteiger partial charge in [0.05, 0.1) is 11.5 Å². The maximum absolute atomic E-state index is 12.7. The van der Waals surface area contributed by atoms with Crippen LogP contribution in [0.1, 0.15) is 51.0 Å². The van der Waals surface area contributed by atoms with E-state index in [1.165, 1.54) is 5.56 Å². The summed E-state index contributed by atoms with van der Waals surface area (Å²) >= 11 is 0. The molecule has 4 heterocycles. The Balaban J connectivity index is 1.31. The minimum Gasteiger partial charge on any atom is -0.461 e. The van der Waals surface area contributed by atoms with Crippen LogP contribution in [-0.4, -0.2) is 70.9 Å². The third kappa shape index (κ3) is 4.15. The fourth-order valence-electron chi connectivity index (χ4n) is 4.80. The van der Waals surface area contributed by atoms with Crippen LogP contribution in [0.2, 0.25) is 0 Å². The van der Waals surface area contributed by atoms with Crippen molar-refractivity contribution in [1.82, 2.24) is 14.9 Å². The minimum absolute atomic E-state index is 0.0149. The number of anilines is 1. The molecule has 3 aliphatic rings. The van der Waals surface area contributed by atoms with Crippen LogP contribution >= 0.6 is 0 Å². The van der Waals surface area contributed by atoms with Crippen molar-refractivity contribution in [3.63, 3.8) is 0 Å². The lowest BCUT2D eigenvalue weighted by Crippen LogP contribution is -2.43. The number of carbonyl (C=O) groups is 1. The molecule has 1 N–H and O–H groups in total. The van der Waals surface area contributed by atoms with Gasteiger partial charge in [-0.3, -0.25) is 9.69 Å². The summed E-state index contributed by atoms with van der Waals surface area (Å²) in [5, 5.41) is 9.66. The van der Waals surface area contributed by atoms with Crippen molar-refractivity contribution < 1.29 is 14.6 Å². The molecule has 3 aliphatic heterocycles. The number of esters is 1. The predicted molar refractivity (Wildman–Crippen MR) is 106 cm³/mol. The Hall–Kier alpha value is -1.73. The van der Waals surface area contributed by atoms with E-state index in [1.54, 1.807) is 0 Å². The smallest absolute Gasteiger partial charge is 0.312 e. The molecule has 1 atom stereocenters. The lowest BCUT2D eigenvalue weighted by Gasteiger charge is -2.36. The van der Waals surface area contributed by atoms with E-state index < -0.39 is 0 Å². The number of aliphatic hydroxyl groups is 1. The van der Waals surface area contributed by atoms with Gasteiger partial charge in [0, 0.05) is 51.5 Å². The topological polar surface area (TPSA) is 78.8 Å². The number of nitrogens with zero attached hydrogens (tertiary/aromatic N) is 4. The van der Waals surface area contributed by atoms with E-state index in [0.29, 0.717) is 0 Å². The molecule has 1 aromatic heterocycles. The molecule has 1 aromatic rings. The first-order chi connectivity index (χ1) is 13.6. The van der Waals surface area contributed by atoms with Crippen LogP contribution in [0.4, 0.5) is 5.95 Å². The quantitative estimate of drug-likeness (QED) is 0.771. The Morgan fingerprint density at radius 2 is 1.86 bits per heavy atom. The molecule has 7 heteroatoms. The average Bonchev–Trinajstić information content (AvgIpc) is 3.00. The van der Waals surface area contributed by atoms with Crippen LogP contribution < -0.4 is 4.90 Å². The average molecular weight is 389 g/mol. The van der Waals surface area contributed by atoms with Gasteiger partial charge in [-0.2, -0.15) is 0 Å². The molecule has 3 saturated heterocycles. The van der Waals surface area contributed by atoms with Gasteiger partial charge in [0.1, 0.15) is 6.10 Å². The highest BCUT2D eigenvalue weighted by Crippen LogP contribution is 2.43. The molecule has 154 valence electrons. The van der Waals surface area contributed by atoms with Crippen molar-refractivity contribution in [2.45, 2.75) is 64.1 Å². The number of aryl methyl sites for hydroxylation is 1. The third-order valence-electron chi connectivity index (χ3n) is 6.58. The number of cyclic esters (lactones) is 1. The highest BCUT2D eigenvalue weighted by Gasteiger charge is 2.50. The fourth-order valence-corrected chi connectivity index (χ4v) is 4.80. The molecule has 4 rings (SSSR count). The number of hydrogen-bond donors (Lipinski definition) is 1. The second-order valence-corrected chi connectivity index (χ2v) is 8.67. The first-order valence-corrected chi connectivity index (χ1v) is 10.8. The molecule has 3 fully saturated rings. The highest BCUT2D eigenvalue weighted by molar-refractivity contribution is 5.79. The molecular weight excluding hydrogens is 356 g/mol. The number of aliphatic hydroxyl groups excluding tert-OH is 1. The summed E-state index contributed by atoms with van der Waals surface area (Å²) in [6.07, 6.45) is 9.82. The molecular formula is C21H32N4O3. The number of rotatable bonds is 5. The number of hydrogen-bond acceptors (Lipinski definition) is 7. The van der Waals surface area contributed by atoms with Crippen molar-refractivity contribution in [1.29, 1.82) is 0 Å². The van der Waals surface area contributed by atoms with Gasteiger partial charge >= 0.3 is 5.97 Å². The van der Waals surface area contributed by atoms with E-state index in [4.69, 9.17) is 4.74 Å². The summed E-state index contributed by atoms with van der Waals surface area (Å²) in [6, 6.07) is 0. The van der Waals surface area contributed by atoms with Crippen LogP contribution in [0, 0.1) is 5.41 Å². The van der Waals surface area contributed by atoms with Crippen molar-refractivity contribution in [3.8, 4) is 0 Å². The van der Waals surface area contributed by atoms with Crippen LogP contribution in [0.5, 0.6) is 0 Å². The van der Waals surface area contributed by atoms with Crippen LogP contribution in [0.15, 0.2) is 12.4 Å². The SMILES string of the molecule is CCCc1cnc(N2CCC3(CC2)CC(CN2CCC(O)CC2)OC3=O)nc1. The fraction of sp³-hybridized carbons (Fsp3) is 0.762. The standard InChI is InChI=1S/C21H32N4O3/c1-2-3-16-13-22-20(23-14-16)25-10-6-21(7-11-25)12-18(28-19(21)27)15-24-8-4-17(26)5-9-24/h13-14,17-18,26H,2-12,15H2,1H3. The molecule has 1 spiro atoms. The first-order valence-electron chi connectivity index (χ1n) is 10.8. The highest BCUT2D eigenvalue weighted by atomic mass is 16.6. The third-order valence-corrected chi connectivity index (χ3v) is 6.58. The number of carbonyl (C=O) groups excluding carboxylic acids is 1. The van der Waals surface area contributed by atoms with E-state index in [-0.39, 0.29) is 23.6 Å². The number of piperidine rings is 2. The Morgan fingerprint density at radius 1 is 1.18 bits per heavy atom. The van der Waals surface area contributed by atoms with Crippen molar-refractivity contribution >= 4 is 11.9 Å². The predicted octanol–water partition coefficient (Wildman–Crippen LogP) is 1.79. The molecule has 0 aliphatic carbocycles. The van der Waals surface area contributed by atoms with Gasteiger partial charge in [0.2, 0.25) is 5.95 Å². The number of ether oxygens (including phenoxy) is 1. The Bertz CT molecular complexity index is 665. The normalized spacial score (nSPS) is 26.0. The van der Waals surface area contributed by atoms with Gasteiger partial charge < -0.3 is 14.7 Å². The summed E-state index contributed by atoms with van der Waals surface area (Å²) in [7, 11) is 0. The Kier molecular flexibility index (Phi) is 5.83. The van der Waals surface area contributed by atoms with Crippen molar-refractivity contribution in [2.24, 2.45) is 5.41 Å². The summed E-state index contributed by atoms with van der Waals surface area (Å²) < 4.78 is 5.77. The van der Waals surface area contributed by atoms with Crippen molar-refractivity contribution in [2.75, 3.05) is 37.6 Å². The van der Waals surface area contributed by atoms with E-state index in [9.17, 15) is 9.90 Å². The monoisotopic (exact) mass is 388 g/mol. The molecule has 7 nitrogen and oxygen atoms in total. The van der Waals surface area contributed by atoms with Crippen LogP contribution in [0.3, 0.4) is 0 Å². The number of likely N-dealkylation sites (tertiary alicyclic amines) is 1. The summed E-state index contributed by atoms with van der Waals surface area (Å²) in [6.45, 7) is 6.32. The van der Waals surface area contributed by atoms with Gasteiger partial charge in [0.15, 0.2) is 0 Å². The Labute approximate surface area is 167 Å². The zero-order valence-corrected chi connectivity index (χ0v) is 16.8. The van der Waals surface area contributed by atoms with E-state index in [2.05, 4.69) is 26.7 Å². The first kappa shape index (κ1) is 19.6. The van der Waals surface area contributed by atoms with E-state index in [0.717, 1.165) is 83.6 Å². The zero-order valence-electron chi connectivity index (χ0n) is 16.8. The van der Waals surface area contributed by atoms with E-state index >= 15 is 0 Å². The second kappa shape index (κ2) is 8.33. The molecule has 0 aromatic carbocycles. The minimum atomic E-state index is -0.335. The van der Waals surface area contributed by atoms with Crippen LogP contribution in [-0.2, 0) is 16.0 Å². The lowest BCUT2D eigenvalue weighted by atomic mass is 9.76. The number of aromatic nitrogens is 2. The van der Waals surface area contributed by atoms with Crippen molar-refractivity contribution in [3.05, 3.63) is 18.0 Å².